The zero-order valence-electron chi connectivity index (χ0n) is 12.2. The average Bonchev–Trinajstić information content (AvgIpc) is 2.34. The Morgan fingerprint density at radius 3 is 2.48 bits per heavy atom. The summed E-state index contributed by atoms with van der Waals surface area (Å²) >= 11 is 3.21. The molecule has 1 amide bonds. The molecule has 1 atom stereocenters. The van der Waals surface area contributed by atoms with Crippen molar-refractivity contribution in [2.75, 3.05) is 12.3 Å². The molecule has 0 saturated carbocycles. The molecular formula is C13H20BrN3O3S. The molecule has 21 heavy (non-hydrogen) atoms. The molecule has 8 heteroatoms. The molecule has 0 aliphatic carbocycles. The van der Waals surface area contributed by atoms with Gasteiger partial charge in [0.2, 0.25) is 15.9 Å². The van der Waals surface area contributed by atoms with Gasteiger partial charge in [-0.3, -0.25) is 4.79 Å². The van der Waals surface area contributed by atoms with E-state index in [2.05, 4.69) is 26.0 Å². The van der Waals surface area contributed by atoms with Crippen molar-refractivity contribution in [3.8, 4) is 0 Å². The molecule has 1 rings (SSSR count). The van der Waals surface area contributed by atoms with E-state index < -0.39 is 16.1 Å². The van der Waals surface area contributed by atoms with Gasteiger partial charge in [0.1, 0.15) is 4.90 Å². The topological polar surface area (TPSA) is 101 Å². The first-order valence-electron chi connectivity index (χ1n) is 6.48. The zero-order chi connectivity index (χ0) is 16.2. The summed E-state index contributed by atoms with van der Waals surface area (Å²) in [4.78, 5) is 11.8. The molecule has 0 aliphatic heterocycles. The summed E-state index contributed by atoms with van der Waals surface area (Å²) in [5.41, 5.74) is 5.83. The van der Waals surface area contributed by atoms with Crippen LogP contribution in [0.1, 0.15) is 20.8 Å². The third-order valence-corrected chi connectivity index (χ3v) is 4.78. The van der Waals surface area contributed by atoms with Crippen LogP contribution in [0, 0.1) is 5.92 Å². The minimum atomic E-state index is -3.85. The van der Waals surface area contributed by atoms with E-state index in [1.54, 1.807) is 6.07 Å². The fourth-order valence-electron chi connectivity index (χ4n) is 1.57. The van der Waals surface area contributed by atoms with E-state index in [0.717, 1.165) is 0 Å². The number of sulfonamides is 1. The Morgan fingerprint density at radius 1 is 1.33 bits per heavy atom. The van der Waals surface area contributed by atoms with Crippen molar-refractivity contribution in [1.29, 1.82) is 0 Å². The van der Waals surface area contributed by atoms with E-state index in [4.69, 9.17) is 5.73 Å². The lowest BCUT2D eigenvalue weighted by atomic mass is 10.2. The van der Waals surface area contributed by atoms with Gasteiger partial charge in [0.25, 0.3) is 0 Å². The Morgan fingerprint density at radius 2 is 1.95 bits per heavy atom. The van der Waals surface area contributed by atoms with Crippen LogP contribution >= 0.6 is 15.9 Å². The number of nitrogens with two attached hydrogens (primary N) is 1. The summed E-state index contributed by atoms with van der Waals surface area (Å²) < 4.78 is 27.5. The second-order valence-electron chi connectivity index (χ2n) is 5.16. The van der Waals surface area contributed by atoms with Crippen molar-refractivity contribution in [3.63, 3.8) is 0 Å². The molecule has 0 radical (unpaired) electrons. The molecule has 0 fully saturated rings. The highest BCUT2D eigenvalue weighted by Crippen LogP contribution is 2.22. The number of benzene rings is 1. The highest BCUT2D eigenvalue weighted by atomic mass is 79.9. The van der Waals surface area contributed by atoms with Gasteiger partial charge in [-0.1, -0.05) is 29.8 Å². The number of amides is 1. The summed E-state index contributed by atoms with van der Waals surface area (Å²) in [7, 11) is -3.85. The van der Waals surface area contributed by atoms with Gasteiger partial charge in [-0.15, -0.1) is 0 Å². The van der Waals surface area contributed by atoms with Gasteiger partial charge in [0.15, 0.2) is 0 Å². The molecule has 4 N–H and O–H groups in total. The summed E-state index contributed by atoms with van der Waals surface area (Å²) in [6.45, 7) is 5.89. The fourth-order valence-corrected chi connectivity index (χ4v) is 3.27. The largest absolute Gasteiger partial charge is 0.398 e. The number of nitrogens with one attached hydrogen (secondary N) is 2. The molecule has 0 heterocycles. The van der Waals surface area contributed by atoms with Crippen molar-refractivity contribution in [3.05, 3.63) is 22.7 Å². The van der Waals surface area contributed by atoms with Gasteiger partial charge < -0.3 is 11.1 Å². The van der Waals surface area contributed by atoms with Crippen LogP contribution in [0.4, 0.5) is 5.69 Å². The number of halogens is 1. The Labute approximate surface area is 133 Å². The zero-order valence-corrected chi connectivity index (χ0v) is 14.6. The number of anilines is 1. The van der Waals surface area contributed by atoms with Gasteiger partial charge in [0, 0.05) is 11.0 Å². The molecule has 0 aliphatic rings. The van der Waals surface area contributed by atoms with Crippen LogP contribution < -0.4 is 15.8 Å². The Hall–Kier alpha value is -1.12. The quantitative estimate of drug-likeness (QED) is 0.653. The molecule has 0 saturated heterocycles. The maximum absolute atomic E-state index is 12.2. The number of hydrogen-bond acceptors (Lipinski definition) is 4. The average molecular weight is 378 g/mol. The van der Waals surface area contributed by atoms with Gasteiger partial charge in [-0.05, 0) is 31.0 Å². The van der Waals surface area contributed by atoms with Crippen LogP contribution in [0.2, 0.25) is 0 Å². The van der Waals surface area contributed by atoms with Crippen LogP contribution in [-0.2, 0) is 14.8 Å². The lowest BCUT2D eigenvalue weighted by Gasteiger charge is -2.16. The summed E-state index contributed by atoms with van der Waals surface area (Å²) in [6, 6.07) is 3.59. The van der Waals surface area contributed by atoms with Crippen molar-refractivity contribution >= 4 is 37.5 Å². The van der Waals surface area contributed by atoms with Crippen LogP contribution in [0.25, 0.3) is 0 Å². The SMILES string of the molecule is CC(C)CNC(=O)C(C)NS(=O)(=O)c1ccc(Br)cc1N. The van der Waals surface area contributed by atoms with E-state index in [-0.39, 0.29) is 16.5 Å². The lowest BCUT2D eigenvalue weighted by Crippen LogP contribution is -2.45. The molecule has 0 bridgehead atoms. The highest BCUT2D eigenvalue weighted by molar-refractivity contribution is 9.10. The molecule has 0 spiro atoms. The van der Waals surface area contributed by atoms with Gasteiger partial charge in [0.05, 0.1) is 11.7 Å². The lowest BCUT2D eigenvalue weighted by molar-refractivity contribution is -0.122. The number of rotatable bonds is 6. The first kappa shape index (κ1) is 17.9. The normalized spacial score (nSPS) is 13.2. The molecular weight excluding hydrogens is 358 g/mol. The molecule has 1 aromatic carbocycles. The van der Waals surface area contributed by atoms with Crippen molar-refractivity contribution in [2.24, 2.45) is 5.92 Å². The number of nitrogen functional groups attached to an aromatic ring is 1. The molecule has 1 aromatic rings. The van der Waals surface area contributed by atoms with Gasteiger partial charge in [-0.2, -0.15) is 4.72 Å². The van der Waals surface area contributed by atoms with E-state index in [0.29, 0.717) is 16.9 Å². The van der Waals surface area contributed by atoms with Crippen molar-refractivity contribution in [2.45, 2.75) is 31.7 Å². The number of hydrogen-bond donors (Lipinski definition) is 3. The standard InChI is InChI=1S/C13H20BrN3O3S/c1-8(2)7-16-13(18)9(3)17-21(19,20)12-5-4-10(14)6-11(12)15/h4-6,8-9,17H,7,15H2,1-3H3,(H,16,18). The van der Waals surface area contributed by atoms with Crippen LogP contribution in [0.5, 0.6) is 0 Å². The second kappa shape index (κ2) is 7.24. The van der Waals surface area contributed by atoms with Crippen molar-refractivity contribution < 1.29 is 13.2 Å². The summed E-state index contributed by atoms with van der Waals surface area (Å²) in [5.74, 6) is -0.0807. The number of carbonyl (C=O) groups excluding carboxylic acids is 1. The molecule has 0 aromatic heterocycles. The van der Waals surface area contributed by atoms with Crippen LogP contribution in [0.3, 0.4) is 0 Å². The first-order chi connectivity index (χ1) is 9.63. The summed E-state index contributed by atoms with van der Waals surface area (Å²) in [6.07, 6.45) is 0. The maximum Gasteiger partial charge on any atom is 0.243 e. The van der Waals surface area contributed by atoms with Gasteiger partial charge >= 0.3 is 0 Å². The third-order valence-electron chi connectivity index (χ3n) is 2.67. The van der Waals surface area contributed by atoms with E-state index >= 15 is 0 Å². The monoisotopic (exact) mass is 377 g/mol. The highest BCUT2D eigenvalue weighted by Gasteiger charge is 2.23. The molecule has 118 valence electrons. The number of carbonyl (C=O) groups is 1. The van der Waals surface area contributed by atoms with Gasteiger partial charge in [-0.25, -0.2) is 8.42 Å². The Balaban J connectivity index is 2.82. The van der Waals surface area contributed by atoms with Crippen molar-refractivity contribution in [1.82, 2.24) is 10.0 Å². The van der Waals surface area contributed by atoms with E-state index in [1.165, 1.54) is 19.1 Å². The van der Waals surface area contributed by atoms with Crippen LogP contribution in [0.15, 0.2) is 27.6 Å². The minimum Gasteiger partial charge on any atom is -0.398 e. The molecule has 6 nitrogen and oxygen atoms in total. The Bertz CT molecular complexity index is 617. The van der Waals surface area contributed by atoms with E-state index in [9.17, 15) is 13.2 Å². The summed E-state index contributed by atoms with van der Waals surface area (Å²) in [5, 5.41) is 2.68. The first-order valence-corrected chi connectivity index (χ1v) is 8.76. The predicted molar refractivity (Wildman–Crippen MR) is 86.2 cm³/mol. The molecule has 1 unspecified atom stereocenters. The van der Waals surface area contributed by atoms with Crippen LogP contribution in [-0.4, -0.2) is 26.9 Å². The minimum absolute atomic E-state index is 0.0470. The van der Waals surface area contributed by atoms with E-state index in [1.807, 2.05) is 13.8 Å². The predicted octanol–water partition coefficient (Wildman–Crippen LogP) is 1.47. The maximum atomic E-state index is 12.2. The fraction of sp³-hybridized carbons (Fsp3) is 0.462. The second-order valence-corrected chi connectivity index (χ2v) is 7.76. The third kappa shape index (κ3) is 5.29. The Kier molecular flexibility index (Phi) is 6.18. The smallest absolute Gasteiger partial charge is 0.243 e.